The fraction of sp³-hybridized carbons (Fsp3) is 0.893. The second-order valence-corrected chi connectivity index (χ2v) is 9.53. The van der Waals surface area contributed by atoms with E-state index in [0.717, 1.165) is 25.2 Å². The third-order valence-corrected chi connectivity index (χ3v) is 6.30. The van der Waals surface area contributed by atoms with E-state index in [1.54, 1.807) is 0 Å². The summed E-state index contributed by atoms with van der Waals surface area (Å²) in [6.45, 7) is 4.75. The Hall–Kier alpha value is -0.790. The van der Waals surface area contributed by atoms with Gasteiger partial charge in [0.15, 0.2) is 0 Å². The smallest absolute Gasteiger partial charge is 0.303 e. The molecule has 0 aliphatic rings. The zero-order chi connectivity index (χ0) is 22.1. The lowest BCUT2D eigenvalue weighted by Crippen LogP contribution is -1.95. The molecule has 1 atom stereocenters. The molecule has 0 amide bonds. The van der Waals surface area contributed by atoms with Crippen LogP contribution in [0.5, 0.6) is 0 Å². The van der Waals surface area contributed by atoms with Gasteiger partial charge in [0.25, 0.3) is 0 Å². The average Bonchev–Trinajstić information content (AvgIpc) is 2.72. The van der Waals surface area contributed by atoms with E-state index >= 15 is 0 Å². The lowest BCUT2D eigenvalue weighted by Gasteiger charge is -2.11. The SMILES string of the molecule is CCCCCCCCC(C)CCCCCCCCCCCC/C=C\CCCC(=O)O. The Morgan fingerprint density at radius 2 is 1.03 bits per heavy atom. The second-order valence-electron chi connectivity index (χ2n) is 9.53. The van der Waals surface area contributed by atoms with Crippen LogP contribution < -0.4 is 0 Å². The maximum absolute atomic E-state index is 10.4. The van der Waals surface area contributed by atoms with Crippen molar-refractivity contribution >= 4 is 5.97 Å². The van der Waals surface area contributed by atoms with Gasteiger partial charge in [0.2, 0.25) is 0 Å². The summed E-state index contributed by atoms with van der Waals surface area (Å²) in [5.74, 6) is 0.257. The van der Waals surface area contributed by atoms with Crippen LogP contribution in [0, 0.1) is 5.92 Å². The second kappa shape index (κ2) is 24.5. The van der Waals surface area contributed by atoms with Gasteiger partial charge in [-0.2, -0.15) is 0 Å². The van der Waals surface area contributed by atoms with Crippen molar-refractivity contribution in [3.63, 3.8) is 0 Å². The number of hydrogen-bond acceptors (Lipinski definition) is 1. The van der Waals surface area contributed by atoms with Crippen LogP contribution in [0.2, 0.25) is 0 Å². The van der Waals surface area contributed by atoms with Crippen LogP contribution in [0.15, 0.2) is 12.2 Å². The molecule has 2 heteroatoms. The topological polar surface area (TPSA) is 37.3 Å². The molecule has 0 saturated heterocycles. The molecule has 0 aromatic carbocycles. The van der Waals surface area contributed by atoms with Gasteiger partial charge < -0.3 is 5.11 Å². The predicted octanol–water partition coefficient (Wildman–Crippen LogP) is 9.87. The number of unbranched alkanes of at least 4 members (excludes halogenated alkanes) is 16. The van der Waals surface area contributed by atoms with E-state index in [0.29, 0.717) is 6.42 Å². The van der Waals surface area contributed by atoms with Gasteiger partial charge in [-0.05, 0) is 31.6 Å². The number of carboxylic acids is 1. The minimum Gasteiger partial charge on any atom is -0.481 e. The number of allylic oxidation sites excluding steroid dienone is 2. The molecule has 178 valence electrons. The molecule has 0 radical (unpaired) electrons. The molecule has 0 aromatic heterocycles. The Morgan fingerprint density at radius 3 is 1.50 bits per heavy atom. The Morgan fingerprint density at radius 1 is 0.633 bits per heavy atom. The van der Waals surface area contributed by atoms with Crippen molar-refractivity contribution in [1.82, 2.24) is 0 Å². The minimum atomic E-state index is -0.684. The molecule has 0 heterocycles. The highest BCUT2D eigenvalue weighted by atomic mass is 16.4. The van der Waals surface area contributed by atoms with E-state index < -0.39 is 5.97 Å². The fourth-order valence-electron chi connectivity index (χ4n) is 4.19. The van der Waals surface area contributed by atoms with Crippen molar-refractivity contribution in [2.45, 2.75) is 155 Å². The molecule has 0 saturated carbocycles. The molecular weight excluding hydrogens is 368 g/mol. The van der Waals surface area contributed by atoms with Crippen LogP contribution in [-0.4, -0.2) is 11.1 Å². The van der Waals surface area contributed by atoms with E-state index in [9.17, 15) is 4.79 Å². The van der Waals surface area contributed by atoms with Gasteiger partial charge in [-0.1, -0.05) is 135 Å². The molecule has 0 spiro atoms. The summed E-state index contributed by atoms with van der Waals surface area (Å²) in [6.07, 6.45) is 33.0. The van der Waals surface area contributed by atoms with Crippen LogP contribution >= 0.6 is 0 Å². The molecule has 2 nitrogen and oxygen atoms in total. The van der Waals surface area contributed by atoms with E-state index in [-0.39, 0.29) is 0 Å². The highest BCUT2D eigenvalue weighted by Crippen LogP contribution is 2.19. The Bertz CT molecular complexity index is 375. The first-order chi connectivity index (χ1) is 14.7. The summed E-state index contributed by atoms with van der Waals surface area (Å²) < 4.78 is 0. The summed E-state index contributed by atoms with van der Waals surface area (Å²) in [4.78, 5) is 10.4. The van der Waals surface area contributed by atoms with Gasteiger partial charge >= 0.3 is 5.97 Å². The standard InChI is InChI=1S/C28H54O2/c1-3-4-5-6-18-21-24-27(2)25-22-19-16-14-12-10-8-7-9-11-13-15-17-20-23-26-28(29)30/h15,17,27H,3-14,16,18-26H2,1-2H3,(H,29,30)/b17-15-. The van der Waals surface area contributed by atoms with Gasteiger partial charge in [-0.15, -0.1) is 0 Å². The summed E-state index contributed by atoms with van der Waals surface area (Å²) in [5.41, 5.74) is 0. The van der Waals surface area contributed by atoms with Crippen LogP contribution in [0.25, 0.3) is 0 Å². The third kappa shape index (κ3) is 25.2. The molecule has 0 bridgehead atoms. The molecule has 1 N–H and O–H groups in total. The van der Waals surface area contributed by atoms with Crippen LogP contribution in [0.3, 0.4) is 0 Å². The first kappa shape index (κ1) is 29.2. The number of hydrogen-bond donors (Lipinski definition) is 1. The van der Waals surface area contributed by atoms with Gasteiger partial charge in [-0.25, -0.2) is 0 Å². The Balaban J connectivity index is 3.17. The van der Waals surface area contributed by atoms with Crippen molar-refractivity contribution in [3.8, 4) is 0 Å². The summed E-state index contributed by atoms with van der Waals surface area (Å²) >= 11 is 0. The van der Waals surface area contributed by atoms with Crippen LogP contribution in [-0.2, 0) is 4.79 Å². The monoisotopic (exact) mass is 422 g/mol. The van der Waals surface area contributed by atoms with Gasteiger partial charge in [0, 0.05) is 6.42 Å². The zero-order valence-electron chi connectivity index (χ0n) is 20.6. The van der Waals surface area contributed by atoms with Crippen LogP contribution in [0.1, 0.15) is 155 Å². The van der Waals surface area contributed by atoms with Gasteiger partial charge in [0.05, 0.1) is 0 Å². The highest BCUT2D eigenvalue weighted by Gasteiger charge is 2.02. The molecule has 0 rings (SSSR count). The van der Waals surface area contributed by atoms with Crippen molar-refractivity contribution < 1.29 is 9.90 Å². The summed E-state index contributed by atoms with van der Waals surface area (Å²) in [6, 6.07) is 0. The first-order valence-corrected chi connectivity index (χ1v) is 13.5. The van der Waals surface area contributed by atoms with E-state index in [1.807, 2.05) is 0 Å². The third-order valence-electron chi connectivity index (χ3n) is 6.30. The highest BCUT2D eigenvalue weighted by molar-refractivity contribution is 5.66. The maximum atomic E-state index is 10.4. The summed E-state index contributed by atoms with van der Waals surface area (Å²) in [7, 11) is 0. The average molecular weight is 423 g/mol. The number of rotatable bonds is 24. The van der Waals surface area contributed by atoms with Gasteiger partial charge in [0.1, 0.15) is 0 Å². The number of aliphatic carboxylic acids is 1. The van der Waals surface area contributed by atoms with E-state index in [4.69, 9.17) is 5.11 Å². The zero-order valence-corrected chi connectivity index (χ0v) is 20.6. The van der Waals surface area contributed by atoms with Crippen molar-refractivity contribution in [2.24, 2.45) is 5.92 Å². The molecular formula is C28H54O2. The lowest BCUT2D eigenvalue weighted by molar-refractivity contribution is -0.137. The Labute approximate surface area is 189 Å². The maximum Gasteiger partial charge on any atom is 0.303 e. The molecule has 0 fully saturated rings. The fourth-order valence-corrected chi connectivity index (χ4v) is 4.19. The largest absolute Gasteiger partial charge is 0.481 e. The van der Waals surface area contributed by atoms with Crippen molar-refractivity contribution in [3.05, 3.63) is 12.2 Å². The summed E-state index contributed by atoms with van der Waals surface area (Å²) in [5, 5.41) is 8.58. The lowest BCUT2D eigenvalue weighted by atomic mass is 9.96. The van der Waals surface area contributed by atoms with Crippen molar-refractivity contribution in [2.75, 3.05) is 0 Å². The van der Waals surface area contributed by atoms with Crippen LogP contribution in [0.4, 0.5) is 0 Å². The first-order valence-electron chi connectivity index (χ1n) is 13.5. The molecule has 0 aromatic rings. The minimum absolute atomic E-state index is 0.294. The van der Waals surface area contributed by atoms with Gasteiger partial charge in [-0.3, -0.25) is 4.79 Å². The molecule has 1 unspecified atom stereocenters. The van der Waals surface area contributed by atoms with E-state index in [1.165, 1.54) is 116 Å². The molecule has 30 heavy (non-hydrogen) atoms. The normalized spacial score (nSPS) is 12.6. The quantitative estimate of drug-likeness (QED) is 0.124. The van der Waals surface area contributed by atoms with E-state index in [2.05, 4.69) is 26.0 Å². The number of carbonyl (C=O) groups is 1. The molecule has 0 aliphatic heterocycles. The number of carboxylic acid groups (broad SMARTS) is 1. The molecule has 0 aliphatic carbocycles. The van der Waals surface area contributed by atoms with Crippen molar-refractivity contribution in [1.29, 1.82) is 0 Å². The predicted molar refractivity (Wildman–Crippen MR) is 133 cm³/mol. The Kier molecular flexibility index (Phi) is 23.8.